The molecule has 2 aliphatic heterocycles. The number of hydrogen-bond acceptors (Lipinski definition) is 12. The molecule has 5 aromatic rings. The number of sulfone groups is 2. The van der Waals surface area contributed by atoms with E-state index in [9.17, 15) is 39.9 Å². The lowest BCUT2D eigenvalue weighted by atomic mass is 9.83. The molecule has 0 amide bonds. The van der Waals surface area contributed by atoms with Crippen LogP contribution in [0.25, 0.3) is 11.1 Å². The van der Waals surface area contributed by atoms with Gasteiger partial charge in [0, 0.05) is 78.8 Å². The average molecular weight is 1040 g/mol. The van der Waals surface area contributed by atoms with E-state index in [4.69, 9.17) is 27.2 Å². The summed E-state index contributed by atoms with van der Waals surface area (Å²) in [5.41, 5.74) is 5.15. The highest BCUT2D eigenvalue weighted by molar-refractivity contribution is 7.99. The maximum atomic E-state index is 14.3. The number of carboxylic acid groups (broad SMARTS) is 1. The van der Waals surface area contributed by atoms with E-state index in [1.807, 2.05) is 66.7 Å². The van der Waals surface area contributed by atoms with Crippen LogP contribution in [0.5, 0.6) is 0 Å². The fourth-order valence-electron chi connectivity index (χ4n) is 8.95. The maximum Gasteiger partial charge on any atom is 0.501 e. The van der Waals surface area contributed by atoms with Crippen LogP contribution >= 0.6 is 23.4 Å². The predicted molar refractivity (Wildman–Crippen MR) is 269 cm³/mol. The fraction of sp³-hybridized carbons (Fsp3) is 0.373. The number of piperidine rings is 1. The maximum absolute atomic E-state index is 14.3. The number of nitrogens with zero attached hydrogens (tertiary/aromatic N) is 3. The Kier molecular flexibility index (Phi) is 19.5. The second kappa shape index (κ2) is 25.0. The summed E-state index contributed by atoms with van der Waals surface area (Å²) in [6.45, 7) is 5.46. The van der Waals surface area contributed by atoms with Crippen molar-refractivity contribution in [3.8, 4) is 11.1 Å². The molecule has 0 spiro atoms. The second-order valence-electron chi connectivity index (χ2n) is 17.4. The number of halogens is 4. The summed E-state index contributed by atoms with van der Waals surface area (Å²) in [6, 6.07) is 34.4. The number of Topliss-reactive ketones (excluding diaryl/α,β-unsaturated/α-hetero) is 1. The molecule has 7 rings (SSSR count). The summed E-state index contributed by atoms with van der Waals surface area (Å²) >= 11 is 7.64. The van der Waals surface area contributed by atoms with Crippen LogP contribution < -0.4 is 10.6 Å². The standard InChI is InChI=1S/C50H56ClF3N4O6S3.CH2O2/c51-41-15-10-37(11-16-41)45-8-4-5-9-46(45)49(55)39-21-24-58(25-22-39)42-17-12-38(13-18-42)47(60)35-66(61,62)44-19-14-40(48(33-44)67(63,64)50(52,53)54)32-36(34-65-43-6-2-1-3-7-43)20-23-56-26-28-57(29-27-56)30-31-59;2-1-3/h1-19,33,36,39,49,59H,20-32,34-35,55H2;1H,(H,2,3)/t36-,49+;/m0./s1. The quantitative estimate of drug-likeness (QED) is 0.0408. The first-order chi connectivity index (χ1) is 33.4. The van der Waals surface area contributed by atoms with E-state index in [2.05, 4.69) is 26.8 Å². The van der Waals surface area contributed by atoms with Gasteiger partial charge in [-0.05, 0) is 127 Å². The van der Waals surface area contributed by atoms with E-state index in [1.54, 1.807) is 12.1 Å². The molecule has 0 radical (unpaired) electrons. The van der Waals surface area contributed by atoms with Gasteiger partial charge >= 0.3 is 5.51 Å². The number of thioether (sulfide) groups is 1. The van der Waals surface area contributed by atoms with Gasteiger partial charge in [0.25, 0.3) is 16.3 Å². The number of anilines is 1. The molecule has 0 aliphatic carbocycles. The highest BCUT2D eigenvalue weighted by Crippen LogP contribution is 2.38. The highest BCUT2D eigenvalue weighted by Gasteiger charge is 2.48. The van der Waals surface area contributed by atoms with Gasteiger partial charge in [-0.1, -0.05) is 72.3 Å². The lowest BCUT2D eigenvalue weighted by Crippen LogP contribution is -2.47. The molecule has 2 heterocycles. The van der Waals surface area contributed by atoms with Gasteiger partial charge in [0.2, 0.25) is 0 Å². The molecule has 0 bridgehead atoms. The Balaban J connectivity index is 0.00000261. The van der Waals surface area contributed by atoms with E-state index < -0.39 is 46.5 Å². The Hall–Kier alpha value is -4.79. The molecule has 2 atom stereocenters. The lowest BCUT2D eigenvalue weighted by molar-refractivity contribution is -0.122. The fourth-order valence-corrected chi connectivity index (χ4v) is 12.5. The summed E-state index contributed by atoms with van der Waals surface area (Å²) in [4.78, 5) is 27.6. The molecule has 70 heavy (non-hydrogen) atoms. The molecule has 0 saturated carbocycles. The lowest BCUT2D eigenvalue weighted by Gasteiger charge is -2.36. The van der Waals surface area contributed by atoms with Crippen LogP contribution in [0.1, 0.15) is 46.8 Å². The smallest absolute Gasteiger partial charge is 0.483 e. The van der Waals surface area contributed by atoms with Gasteiger partial charge in [-0.15, -0.1) is 11.8 Å². The zero-order valence-electron chi connectivity index (χ0n) is 38.5. The number of rotatable bonds is 19. The van der Waals surface area contributed by atoms with Crippen LogP contribution in [0.4, 0.5) is 18.9 Å². The predicted octanol–water partition coefficient (Wildman–Crippen LogP) is 8.53. The SMILES string of the molecule is N[C@@H](c1ccccc1-c1ccc(Cl)cc1)C1CCN(c2ccc(C(=O)CS(=O)(=O)c3ccc(C[C@H](CCN4CCN(CCO)CC4)CSc4ccccc4)c(S(=O)(=O)C(F)(F)F)c3)cc2)CC1.O=CO. The van der Waals surface area contributed by atoms with Gasteiger partial charge in [-0.2, -0.15) is 13.2 Å². The summed E-state index contributed by atoms with van der Waals surface area (Å²) in [6.07, 6.45) is 2.13. The van der Waals surface area contributed by atoms with Crippen molar-refractivity contribution < 1.29 is 49.8 Å². The monoisotopic (exact) mass is 1040 g/mol. The number of carbonyl (C=O) groups is 2. The van der Waals surface area contributed by atoms with Crippen molar-refractivity contribution in [2.75, 3.05) is 75.4 Å². The number of β-amino-alcohol motifs (C(OH)–C–C–N with tert-alkyl or cyclic N) is 1. The Morgan fingerprint density at radius 3 is 2.03 bits per heavy atom. The molecule has 376 valence electrons. The molecule has 0 aromatic heterocycles. The highest BCUT2D eigenvalue weighted by atomic mass is 35.5. The number of aliphatic hydroxyl groups excluding tert-OH is 1. The van der Waals surface area contributed by atoms with E-state index in [0.29, 0.717) is 49.4 Å². The van der Waals surface area contributed by atoms with Gasteiger partial charge in [0.15, 0.2) is 15.6 Å². The van der Waals surface area contributed by atoms with Crippen molar-refractivity contribution in [1.82, 2.24) is 9.80 Å². The van der Waals surface area contributed by atoms with Gasteiger partial charge in [0.05, 0.1) is 16.4 Å². The number of benzene rings is 5. The number of aliphatic hydroxyl groups is 1. The van der Waals surface area contributed by atoms with Crippen LogP contribution in [0.2, 0.25) is 5.02 Å². The van der Waals surface area contributed by atoms with Crippen LogP contribution in [0.15, 0.2) is 136 Å². The minimum atomic E-state index is -5.99. The largest absolute Gasteiger partial charge is 0.501 e. The van der Waals surface area contributed by atoms with Gasteiger partial charge in [0.1, 0.15) is 5.75 Å². The minimum Gasteiger partial charge on any atom is -0.483 e. The van der Waals surface area contributed by atoms with E-state index >= 15 is 0 Å². The summed E-state index contributed by atoms with van der Waals surface area (Å²) < 4.78 is 96.7. The second-order valence-corrected chi connectivity index (χ2v) is 22.8. The first-order valence-corrected chi connectivity index (χ1v) is 27.4. The van der Waals surface area contributed by atoms with Crippen LogP contribution in [0, 0.1) is 11.8 Å². The van der Waals surface area contributed by atoms with E-state index in [-0.39, 0.29) is 48.5 Å². The molecule has 0 unspecified atom stereocenters. The van der Waals surface area contributed by atoms with Crippen molar-refractivity contribution in [2.45, 2.75) is 51.9 Å². The van der Waals surface area contributed by atoms with Crippen molar-refractivity contribution >= 4 is 61.0 Å². The van der Waals surface area contributed by atoms with Crippen molar-refractivity contribution in [1.29, 1.82) is 0 Å². The number of carbonyl (C=O) groups excluding carboxylic acids is 1. The number of hydrogen-bond donors (Lipinski definition) is 3. The van der Waals surface area contributed by atoms with Crippen LogP contribution in [0.3, 0.4) is 0 Å². The Morgan fingerprint density at radius 1 is 0.814 bits per heavy atom. The first-order valence-electron chi connectivity index (χ1n) is 22.9. The topological polar surface area (TPSA) is 179 Å². The van der Waals surface area contributed by atoms with Crippen molar-refractivity contribution in [2.24, 2.45) is 17.6 Å². The van der Waals surface area contributed by atoms with Crippen molar-refractivity contribution in [3.63, 3.8) is 0 Å². The zero-order valence-corrected chi connectivity index (χ0v) is 41.7. The third-order valence-corrected chi connectivity index (χ3v) is 17.5. The first kappa shape index (κ1) is 54.5. The minimum absolute atomic E-state index is 0.0523. The molecule has 5 aromatic carbocycles. The van der Waals surface area contributed by atoms with E-state index in [1.165, 1.54) is 23.9 Å². The molecular weight excluding hydrogens is 985 g/mol. The van der Waals surface area contributed by atoms with Gasteiger partial charge in [-0.25, -0.2) is 16.8 Å². The van der Waals surface area contributed by atoms with E-state index in [0.717, 1.165) is 78.4 Å². The number of nitrogens with two attached hydrogens (primary N) is 1. The van der Waals surface area contributed by atoms with Crippen molar-refractivity contribution in [3.05, 3.63) is 143 Å². The molecular formula is C51H58ClF3N4O8S3. The number of alkyl halides is 3. The average Bonchev–Trinajstić information content (AvgIpc) is 3.35. The molecule has 2 saturated heterocycles. The summed E-state index contributed by atoms with van der Waals surface area (Å²) in [7, 11) is -10.6. The number of ketones is 1. The molecule has 2 aliphatic rings. The van der Waals surface area contributed by atoms with Crippen LogP contribution in [-0.4, -0.2) is 125 Å². The number of piperazine rings is 1. The normalized spacial score (nSPS) is 16.2. The molecule has 12 nitrogen and oxygen atoms in total. The Morgan fingerprint density at radius 2 is 1.41 bits per heavy atom. The molecule has 2 fully saturated rings. The Labute approximate surface area is 417 Å². The summed E-state index contributed by atoms with van der Waals surface area (Å²) in [5, 5.41) is 16.9. The molecule has 19 heteroatoms. The Bertz CT molecular complexity index is 2720. The van der Waals surface area contributed by atoms with Crippen LogP contribution in [-0.2, 0) is 30.9 Å². The third-order valence-electron chi connectivity index (χ3n) is 12.9. The summed E-state index contributed by atoms with van der Waals surface area (Å²) in [5.74, 6) is -1.44. The third kappa shape index (κ3) is 14.4. The molecule has 4 N–H and O–H groups in total. The van der Waals surface area contributed by atoms with Gasteiger partial charge < -0.3 is 25.7 Å². The van der Waals surface area contributed by atoms with Gasteiger partial charge in [-0.3, -0.25) is 14.5 Å². The zero-order chi connectivity index (χ0) is 50.5.